The second-order valence-electron chi connectivity index (χ2n) is 4.10. The second-order valence-corrected chi connectivity index (χ2v) is 4.10. The van der Waals surface area contributed by atoms with Crippen LogP contribution >= 0.6 is 0 Å². The Bertz CT molecular complexity index is 346. The summed E-state index contributed by atoms with van der Waals surface area (Å²) in [6, 6.07) is 10.9. The van der Waals surface area contributed by atoms with E-state index in [0.717, 1.165) is 24.5 Å². The number of hydrogen-bond acceptors (Lipinski definition) is 2. The van der Waals surface area contributed by atoms with Gasteiger partial charge in [0.15, 0.2) is 0 Å². The van der Waals surface area contributed by atoms with Gasteiger partial charge >= 0.3 is 0 Å². The molecule has 0 unspecified atom stereocenters. The molecule has 3 heteroatoms. The molecule has 1 heterocycles. The zero-order chi connectivity index (χ0) is 10.0. The first kappa shape index (κ1) is 12.4. The summed E-state index contributed by atoms with van der Waals surface area (Å²) in [6.07, 6.45) is 0.976. The van der Waals surface area contributed by atoms with Gasteiger partial charge in [0.25, 0.3) is 0 Å². The molecule has 0 N–H and O–H groups in total. The third-order valence-electron chi connectivity index (χ3n) is 2.30. The van der Waals surface area contributed by atoms with E-state index in [1.165, 1.54) is 0 Å². The van der Waals surface area contributed by atoms with Gasteiger partial charge in [-0.25, -0.2) is 0 Å². The summed E-state index contributed by atoms with van der Waals surface area (Å²) in [4.78, 5) is 4.55. The van der Waals surface area contributed by atoms with E-state index in [1.807, 2.05) is 24.3 Å². The predicted molar refractivity (Wildman–Crippen MR) is 56.5 cm³/mol. The first-order valence-electron chi connectivity index (χ1n) is 4.87. The van der Waals surface area contributed by atoms with Crippen molar-refractivity contribution in [3.8, 4) is 0 Å². The molecule has 0 aromatic heterocycles. The fourth-order valence-corrected chi connectivity index (χ4v) is 1.42. The molecule has 1 aromatic rings. The van der Waals surface area contributed by atoms with Crippen LogP contribution in [0, 0.1) is 6.07 Å². The Labute approximate surface area is 104 Å². The van der Waals surface area contributed by atoms with E-state index in [1.54, 1.807) is 0 Å². The summed E-state index contributed by atoms with van der Waals surface area (Å²) in [7, 11) is 0. The van der Waals surface area contributed by atoms with Crippen molar-refractivity contribution >= 4 is 5.90 Å². The number of hydrogen-bond donors (Lipinski definition) is 0. The molecule has 2 rings (SSSR count). The standard InChI is InChI=1S/C12H14NO.Ir/c1-12(2)8-9-14-11(13-12)10-6-4-3-5-7-10;/h3-6H,8-9H2,1-2H3;/q-1;. The van der Waals surface area contributed by atoms with Crippen LogP contribution in [-0.2, 0) is 24.8 Å². The average Bonchev–Trinajstić information content (AvgIpc) is 2.18. The fourth-order valence-electron chi connectivity index (χ4n) is 1.42. The molecule has 2 nitrogen and oxygen atoms in total. The van der Waals surface area contributed by atoms with Crippen molar-refractivity contribution in [2.24, 2.45) is 4.99 Å². The molecular weight excluding hydrogens is 366 g/mol. The van der Waals surface area contributed by atoms with Crippen molar-refractivity contribution in [3.05, 3.63) is 35.9 Å². The third-order valence-corrected chi connectivity index (χ3v) is 2.30. The molecule has 83 valence electrons. The zero-order valence-corrected chi connectivity index (χ0v) is 11.3. The van der Waals surface area contributed by atoms with E-state index in [4.69, 9.17) is 4.74 Å². The summed E-state index contributed by atoms with van der Waals surface area (Å²) in [6.45, 7) is 4.99. The number of ether oxygens (including phenoxy) is 1. The second kappa shape index (κ2) is 4.91. The van der Waals surface area contributed by atoms with Crippen LogP contribution in [0.2, 0.25) is 0 Å². The molecule has 0 saturated carbocycles. The molecule has 0 spiro atoms. The quantitative estimate of drug-likeness (QED) is 0.686. The minimum atomic E-state index is -0.00271. The molecule has 0 bridgehead atoms. The normalized spacial score (nSPS) is 18.4. The molecule has 0 saturated heterocycles. The van der Waals surface area contributed by atoms with Gasteiger partial charge < -0.3 is 4.74 Å². The molecule has 15 heavy (non-hydrogen) atoms. The van der Waals surface area contributed by atoms with Gasteiger partial charge in [0, 0.05) is 26.5 Å². The van der Waals surface area contributed by atoms with Gasteiger partial charge in [-0.3, -0.25) is 4.99 Å². The van der Waals surface area contributed by atoms with Gasteiger partial charge in [-0.2, -0.15) is 0 Å². The Kier molecular flexibility index (Phi) is 4.06. The first-order chi connectivity index (χ1) is 6.67. The van der Waals surface area contributed by atoms with Crippen molar-refractivity contribution in [1.82, 2.24) is 0 Å². The molecular formula is C12H14IrNO-. The Morgan fingerprint density at radius 1 is 1.40 bits per heavy atom. The Morgan fingerprint density at radius 2 is 2.20 bits per heavy atom. The van der Waals surface area contributed by atoms with Crippen molar-refractivity contribution in [1.29, 1.82) is 0 Å². The fraction of sp³-hybridized carbons (Fsp3) is 0.417. The van der Waals surface area contributed by atoms with Crippen LogP contribution in [0.25, 0.3) is 0 Å². The van der Waals surface area contributed by atoms with E-state index < -0.39 is 0 Å². The largest absolute Gasteiger partial charge is 0.520 e. The summed E-state index contributed by atoms with van der Waals surface area (Å²) in [5.41, 5.74) is 0.942. The minimum absolute atomic E-state index is 0. The number of benzene rings is 1. The Balaban J connectivity index is 0.00000112. The van der Waals surface area contributed by atoms with E-state index in [-0.39, 0.29) is 25.6 Å². The van der Waals surface area contributed by atoms with Gasteiger partial charge in [0.05, 0.1) is 12.1 Å². The maximum Gasteiger partial charge on any atom is 0.130 e. The number of aliphatic imine (C=N–C) groups is 1. The molecule has 1 aliphatic rings. The number of nitrogens with zero attached hydrogens (tertiary/aromatic N) is 1. The van der Waals surface area contributed by atoms with Crippen molar-refractivity contribution in [3.63, 3.8) is 0 Å². The van der Waals surface area contributed by atoms with Gasteiger partial charge in [-0.05, 0) is 13.8 Å². The molecule has 1 aromatic carbocycles. The molecule has 0 aliphatic carbocycles. The molecule has 1 aliphatic heterocycles. The maximum absolute atomic E-state index is 5.52. The van der Waals surface area contributed by atoms with Crippen molar-refractivity contribution in [2.45, 2.75) is 25.8 Å². The van der Waals surface area contributed by atoms with E-state index in [9.17, 15) is 0 Å². The van der Waals surface area contributed by atoms with E-state index >= 15 is 0 Å². The van der Waals surface area contributed by atoms with E-state index in [0.29, 0.717) is 0 Å². The van der Waals surface area contributed by atoms with Crippen molar-refractivity contribution in [2.75, 3.05) is 6.61 Å². The average molecular weight is 380 g/mol. The van der Waals surface area contributed by atoms with Crippen LogP contribution < -0.4 is 0 Å². The van der Waals surface area contributed by atoms with Gasteiger partial charge in [0.2, 0.25) is 0 Å². The molecule has 0 atom stereocenters. The third kappa shape index (κ3) is 3.15. The van der Waals surface area contributed by atoms with Gasteiger partial charge in [0.1, 0.15) is 5.90 Å². The van der Waals surface area contributed by atoms with Crippen molar-refractivity contribution < 1.29 is 24.8 Å². The smallest absolute Gasteiger partial charge is 0.130 e. The predicted octanol–water partition coefficient (Wildman–Crippen LogP) is 2.43. The molecule has 0 fully saturated rings. The SMILES string of the molecule is CC1(C)CCOC(c2[c-]cccc2)=N1.[Ir]. The van der Waals surface area contributed by atoms with Crippen LogP contribution in [0.4, 0.5) is 0 Å². The van der Waals surface area contributed by atoms with Crippen LogP contribution in [0.1, 0.15) is 25.8 Å². The topological polar surface area (TPSA) is 21.6 Å². The summed E-state index contributed by atoms with van der Waals surface area (Å²) in [5, 5.41) is 0. The van der Waals surface area contributed by atoms with Gasteiger partial charge in [-0.15, -0.1) is 30.3 Å². The summed E-state index contributed by atoms with van der Waals surface area (Å²) < 4.78 is 5.52. The van der Waals surface area contributed by atoms with Gasteiger partial charge in [-0.1, -0.05) is 5.56 Å². The number of rotatable bonds is 1. The minimum Gasteiger partial charge on any atom is -0.520 e. The van der Waals surface area contributed by atoms with Crippen LogP contribution in [0.5, 0.6) is 0 Å². The molecule has 0 amide bonds. The zero-order valence-electron chi connectivity index (χ0n) is 8.91. The van der Waals surface area contributed by atoms with Crippen LogP contribution in [0.15, 0.2) is 29.3 Å². The Morgan fingerprint density at radius 3 is 2.80 bits per heavy atom. The van der Waals surface area contributed by atoms with E-state index in [2.05, 4.69) is 24.9 Å². The maximum atomic E-state index is 5.52. The Hall–Kier alpha value is -0.661. The first-order valence-corrected chi connectivity index (χ1v) is 4.87. The summed E-state index contributed by atoms with van der Waals surface area (Å²) >= 11 is 0. The summed E-state index contributed by atoms with van der Waals surface area (Å²) in [5.74, 6) is 0.724. The van der Waals surface area contributed by atoms with Crippen LogP contribution in [0.3, 0.4) is 0 Å². The monoisotopic (exact) mass is 381 g/mol. The van der Waals surface area contributed by atoms with Crippen LogP contribution in [-0.4, -0.2) is 18.0 Å². The molecule has 1 radical (unpaired) electrons.